The molecule has 0 aromatic heterocycles. The Morgan fingerprint density at radius 2 is 1.92 bits per heavy atom. The number of unbranched alkanes of at least 4 members (excludes halogenated alkanes) is 3. The van der Waals surface area contributed by atoms with Crippen molar-refractivity contribution in [3.63, 3.8) is 0 Å². The number of fused-ring (bicyclic) bond motifs is 1. The average Bonchev–Trinajstić information content (AvgIpc) is 3.10. The molecule has 0 radical (unpaired) electrons. The number of benzene rings is 1. The van der Waals surface area contributed by atoms with Crippen molar-refractivity contribution in [2.75, 3.05) is 27.5 Å². The van der Waals surface area contributed by atoms with E-state index in [0.717, 1.165) is 55.3 Å². The third kappa shape index (κ3) is 7.67. The molecule has 7 nitrogen and oxygen atoms in total. The predicted molar refractivity (Wildman–Crippen MR) is 111 cm³/mol. The van der Waals surface area contributed by atoms with Crippen LogP contribution in [0, 0.1) is 0 Å². The molecule has 0 saturated heterocycles. The number of ether oxygens (including phenoxy) is 3. The average molecular weight is 477 g/mol. The molecule has 0 bridgehead atoms. The number of rotatable bonds is 9. The molecule has 1 aromatic rings. The van der Waals surface area contributed by atoms with E-state index in [9.17, 15) is 4.79 Å². The molecule has 0 spiro atoms. The van der Waals surface area contributed by atoms with Gasteiger partial charge in [-0.2, -0.15) is 0 Å². The summed E-state index contributed by atoms with van der Waals surface area (Å²) in [5.74, 6) is 2.21. The fourth-order valence-corrected chi connectivity index (χ4v) is 2.51. The lowest BCUT2D eigenvalue weighted by molar-refractivity contribution is -0.140. The number of carbonyl (C=O) groups excluding carboxylic acids is 1. The Labute approximate surface area is 171 Å². The van der Waals surface area contributed by atoms with Gasteiger partial charge in [0.2, 0.25) is 6.79 Å². The van der Waals surface area contributed by atoms with Crippen molar-refractivity contribution in [3.05, 3.63) is 23.8 Å². The van der Waals surface area contributed by atoms with Gasteiger partial charge in [-0.3, -0.25) is 9.79 Å². The van der Waals surface area contributed by atoms with Crippen LogP contribution in [0.2, 0.25) is 0 Å². The number of hydrogen-bond acceptors (Lipinski definition) is 5. The lowest BCUT2D eigenvalue weighted by Crippen LogP contribution is -2.37. The van der Waals surface area contributed by atoms with E-state index >= 15 is 0 Å². The Balaban J connectivity index is 0.00000338. The number of halogens is 1. The van der Waals surface area contributed by atoms with E-state index in [1.165, 1.54) is 7.11 Å². The minimum Gasteiger partial charge on any atom is -0.469 e. The number of aliphatic imine (C=N–C) groups is 1. The Kier molecular flexibility index (Phi) is 10.8. The van der Waals surface area contributed by atoms with E-state index in [1.54, 1.807) is 7.05 Å². The Morgan fingerprint density at radius 3 is 2.69 bits per heavy atom. The second-order valence-corrected chi connectivity index (χ2v) is 5.78. The molecule has 0 fully saturated rings. The van der Waals surface area contributed by atoms with Crippen LogP contribution in [-0.4, -0.2) is 39.4 Å². The summed E-state index contributed by atoms with van der Waals surface area (Å²) in [5, 5.41) is 6.58. The van der Waals surface area contributed by atoms with Crippen molar-refractivity contribution < 1.29 is 19.0 Å². The summed E-state index contributed by atoms with van der Waals surface area (Å²) in [6, 6.07) is 5.91. The molecule has 1 aliphatic rings. The van der Waals surface area contributed by atoms with Gasteiger partial charge in [0.25, 0.3) is 0 Å². The second-order valence-electron chi connectivity index (χ2n) is 5.78. The van der Waals surface area contributed by atoms with Gasteiger partial charge in [0.1, 0.15) is 0 Å². The van der Waals surface area contributed by atoms with Crippen molar-refractivity contribution in [3.8, 4) is 11.5 Å². The van der Waals surface area contributed by atoms with Crippen LogP contribution in [0.1, 0.15) is 37.7 Å². The SMILES string of the molecule is CN=C(NCCCCCCC(=O)OC)NCc1ccc2c(c1)OCO2.I. The highest BCUT2D eigenvalue weighted by atomic mass is 127. The van der Waals surface area contributed by atoms with Gasteiger partial charge < -0.3 is 24.8 Å². The van der Waals surface area contributed by atoms with Crippen LogP contribution in [0.4, 0.5) is 0 Å². The van der Waals surface area contributed by atoms with E-state index < -0.39 is 0 Å². The highest BCUT2D eigenvalue weighted by Gasteiger charge is 2.13. The number of hydrogen-bond donors (Lipinski definition) is 2. The third-order valence-electron chi connectivity index (χ3n) is 3.95. The van der Waals surface area contributed by atoms with Gasteiger partial charge >= 0.3 is 5.97 Å². The minimum atomic E-state index is -0.133. The summed E-state index contributed by atoms with van der Waals surface area (Å²) in [5.41, 5.74) is 1.11. The molecule has 0 saturated carbocycles. The van der Waals surface area contributed by atoms with Gasteiger partial charge in [0.05, 0.1) is 7.11 Å². The van der Waals surface area contributed by atoms with E-state index in [4.69, 9.17) is 9.47 Å². The van der Waals surface area contributed by atoms with Crippen LogP contribution < -0.4 is 20.1 Å². The van der Waals surface area contributed by atoms with E-state index in [1.807, 2.05) is 18.2 Å². The van der Waals surface area contributed by atoms with Crippen LogP contribution in [0.15, 0.2) is 23.2 Å². The number of carbonyl (C=O) groups is 1. The Morgan fingerprint density at radius 1 is 1.15 bits per heavy atom. The normalized spacial score (nSPS) is 12.3. The third-order valence-corrected chi connectivity index (χ3v) is 3.95. The summed E-state index contributed by atoms with van der Waals surface area (Å²) in [6.45, 7) is 1.80. The fourth-order valence-electron chi connectivity index (χ4n) is 2.51. The van der Waals surface area contributed by atoms with Crippen LogP contribution >= 0.6 is 24.0 Å². The quantitative estimate of drug-likeness (QED) is 0.187. The number of nitrogens with one attached hydrogen (secondary N) is 2. The maximum Gasteiger partial charge on any atom is 0.305 e. The first-order valence-corrected chi connectivity index (χ1v) is 8.63. The first kappa shape index (κ1) is 22.3. The first-order valence-electron chi connectivity index (χ1n) is 8.63. The van der Waals surface area contributed by atoms with Crippen LogP contribution in [0.5, 0.6) is 11.5 Å². The van der Waals surface area contributed by atoms with Gasteiger partial charge in [-0.25, -0.2) is 0 Å². The molecule has 1 aromatic carbocycles. The first-order chi connectivity index (χ1) is 12.2. The zero-order valence-corrected chi connectivity index (χ0v) is 17.7. The monoisotopic (exact) mass is 477 g/mol. The lowest BCUT2D eigenvalue weighted by atomic mass is 10.1. The molecule has 0 atom stereocenters. The molecule has 2 N–H and O–H groups in total. The zero-order valence-electron chi connectivity index (χ0n) is 15.4. The second kappa shape index (κ2) is 12.6. The standard InChI is InChI=1S/C18H27N3O4.HI/c1-19-18(20-10-6-4-3-5-7-17(22)23-2)21-12-14-8-9-15-16(11-14)25-13-24-15;/h8-9,11H,3-7,10,12-13H2,1-2H3,(H2,19,20,21);1H. The molecule has 0 unspecified atom stereocenters. The molecule has 8 heteroatoms. The number of guanidine groups is 1. The molecule has 26 heavy (non-hydrogen) atoms. The minimum absolute atomic E-state index is 0. The van der Waals surface area contributed by atoms with Crippen LogP contribution in [0.3, 0.4) is 0 Å². The summed E-state index contributed by atoms with van der Waals surface area (Å²) < 4.78 is 15.3. The summed E-state index contributed by atoms with van der Waals surface area (Å²) in [6.07, 6.45) is 4.52. The summed E-state index contributed by atoms with van der Waals surface area (Å²) >= 11 is 0. The number of esters is 1. The number of methoxy groups -OCH3 is 1. The molecular formula is C18H28IN3O4. The van der Waals surface area contributed by atoms with Gasteiger partial charge in [-0.15, -0.1) is 24.0 Å². The fraction of sp³-hybridized carbons (Fsp3) is 0.556. The van der Waals surface area contributed by atoms with E-state index in [-0.39, 0.29) is 36.7 Å². The molecule has 1 aliphatic heterocycles. The largest absolute Gasteiger partial charge is 0.469 e. The topological polar surface area (TPSA) is 81.2 Å². The highest BCUT2D eigenvalue weighted by molar-refractivity contribution is 14.0. The van der Waals surface area contributed by atoms with Crippen molar-refractivity contribution in [2.24, 2.45) is 4.99 Å². The maximum atomic E-state index is 11.0. The van der Waals surface area contributed by atoms with Crippen molar-refractivity contribution in [2.45, 2.75) is 38.6 Å². The highest BCUT2D eigenvalue weighted by Crippen LogP contribution is 2.32. The number of nitrogens with zero attached hydrogens (tertiary/aromatic N) is 1. The van der Waals surface area contributed by atoms with Gasteiger partial charge in [0.15, 0.2) is 17.5 Å². The Bertz CT molecular complexity index is 596. The van der Waals surface area contributed by atoms with Gasteiger partial charge in [-0.05, 0) is 30.5 Å². The van der Waals surface area contributed by atoms with Crippen molar-refractivity contribution in [1.29, 1.82) is 0 Å². The van der Waals surface area contributed by atoms with Crippen LogP contribution in [-0.2, 0) is 16.1 Å². The molecule has 0 aliphatic carbocycles. The summed E-state index contributed by atoms with van der Waals surface area (Å²) in [4.78, 5) is 15.2. The molecule has 1 heterocycles. The zero-order chi connectivity index (χ0) is 17.9. The molecule has 0 amide bonds. The van der Waals surface area contributed by atoms with Gasteiger partial charge in [0, 0.05) is 26.6 Å². The smallest absolute Gasteiger partial charge is 0.305 e. The van der Waals surface area contributed by atoms with E-state index in [2.05, 4.69) is 20.4 Å². The van der Waals surface area contributed by atoms with Crippen molar-refractivity contribution >= 4 is 35.9 Å². The Hall–Kier alpha value is -1.71. The van der Waals surface area contributed by atoms with Crippen LogP contribution in [0.25, 0.3) is 0 Å². The molecular weight excluding hydrogens is 449 g/mol. The van der Waals surface area contributed by atoms with Gasteiger partial charge in [-0.1, -0.05) is 18.9 Å². The summed E-state index contributed by atoms with van der Waals surface area (Å²) in [7, 11) is 3.18. The van der Waals surface area contributed by atoms with E-state index in [0.29, 0.717) is 13.0 Å². The van der Waals surface area contributed by atoms with Crippen molar-refractivity contribution in [1.82, 2.24) is 10.6 Å². The molecule has 2 rings (SSSR count). The lowest BCUT2D eigenvalue weighted by Gasteiger charge is -2.12. The maximum absolute atomic E-state index is 11.0. The molecule has 146 valence electrons. The predicted octanol–water partition coefficient (Wildman–Crippen LogP) is 2.82.